The van der Waals surface area contributed by atoms with Gasteiger partial charge in [-0.2, -0.15) is 26.3 Å². The van der Waals surface area contributed by atoms with Crippen LogP contribution in [0.5, 0.6) is 0 Å². The molecule has 0 spiro atoms. The molecule has 1 aromatic carbocycles. The summed E-state index contributed by atoms with van der Waals surface area (Å²) in [6, 6.07) is 0.683. The van der Waals surface area contributed by atoms with Crippen LogP contribution in [0.25, 0.3) is 10.1 Å². The molecule has 2 saturated heterocycles. The smallest absolute Gasteiger partial charge is 0.335 e. The number of fused-ring (bicyclic) bond motifs is 1. The van der Waals surface area contributed by atoms with Crippen molar-refractivity contribution < 1.29 is 35.9 Å². The van der Waals surface area contributed by atoms with E-state index >= 15 is 0 Å². The molecule has 0 bridgehead atoms. The SMILES string of the molecule is O=C(c1sc2cc(C(F)(F)F)ccc2c1Cl)N1CC(N2CCN(C(=O)c3cscn3)C(C(F)(F)F)C2)C1. The molecule has 6 nitrogen and oxygen atoms in total. The van der Waals surface area contributed by atoms with Crippen molar-refractivity contribution in [3.63, 3.8) is 0 Å². The normalized spacial score (nSPS) is 19.9. The first-order valence-electron chi connectivity index (χ1n) is 10.9. The Morgan fingerprint density at radius 3 is 2.38 bits per heavy atom. The largest absolute Gasteiger partial charge is 0.416 e. The third-order valence-corrected chi connectivity index (χ3v) is 8.75. The number of rotatable bonds is 3. The predicted molar refractivity (Wildman–Crippen MR) is 126 cm³/mol. The lowest BCUT2D eigenvalue weighted by Gasteiger charge is -2.50. The van der Waals surface area contributed by atoms with Crippen LogP contribution in [0.3, 0.4) is 0 Å². The summed E-state index contributed by atoms with van der Waals surface area (Å²) in [5.41, 5.74) is 0.493. The van der Waals surface area contributed by atoms with Gasteiger partial charge < -0.3 is 9.80 Å². The first kappa shape index (κ1) is 26.2. The van der Waals surface area contributed by atoms with E-state index in [1.807, 2.05) is 0 Å². The summed E-state index contributed by atoms with van der Waals surface area (Å²) < 4.78 is 80.8. The number of piperazine rings is 1. The highest BCUT2D eigenvalue weighted by Gasteiger charge is 2.50. The van der Waals surface area contributed by atoms with Gasteiger partial charge in [-0.15, -0.1) is 22.7 Å². The zero-order valence-electron chi connectivity index (χ0n) is 18.6. The van der Waals surface area contributed by atoms with Crippen molar-refractivity contribution in [1.29, 1.82) is 0 Å². The number of thiazole rings is 1. The molecule has 0 saturated carbocycles. The fourth-order valence-corrected chi connectivity index (χ4v) is 6.54. The van der Waals surface area contributed by atoms with Crippen LogP contribution in [0.15, 0.2) is 29.1 Å². The van der Waals surface area contributed by atoms with Crippen molar-refractivity contribution in [2.75, 3.05) is 32.7 Å². The summed E-state index contributed by atoms with van der Waals surface area (Å²) in [6.45, 7) is -0.104. The van der Waals surface area contributed by atoms with Gasteiger partial charge in [0.2, 0.25) is 0 Å². The van der Waals surface area contributed by atoms with Gasteiger partial charge in [0.05, 0.1) is 16.1 Å². The highest BCUT2D eigenvalue weighted by molar-refractivity contribution is 7.21. The van der Waals surface area contributed by atoms with E-state index in [4.69, 9.17) is 11.6 Å². The first-order chi connectivity index (χ1) is 17.3. The van der Waals surface area contributed by atoms with Gasteiger partial charge in [0.15, 0.2) is 0 Å². The van der Waals surface area contributed by atoms with E-state index < -0.39 is 42.3 Å². The van der Waals surface area contributed by atoms with E-state index in [1.54, 1.807) is 4.90 Å². The van der Waals surface area contributed by atoms with Gasteiger partial charge in [-0.25, -0.2) is 4.98 Å². The molecule has 0 aliphatic carbocycles. The van der Waals surface area contributed by atoms with E-state index in [2.05, 4.69) is 4.98 Å². The van der Waals surface area contributed by atoms with Gasteiger partial charge in [0.25, 0.3) is 11.8 Å². The molecule has 1 atom stereocenters. The first-order valence-corrected chi connectivity index (χ1v) is 13.1. The van der Waals surface area contributed by atoms with Crippen LogP contribution in [0.4, 0.5) is 26.3 Å². The van der Waals surface area contributed by atoms with Crippen LogP contribution >= 0.6 is 34.3 Å². The zero-order valence-corrected chi connectivity index (χ0v) is 21.0. The van der Waals surface area contributed by atoms with Crippen molar-refractivity contribution >= 4 is 56.2 Å². The van der Waals surface area contributed by atoms with Crippen molar-refractivity contribution in [2.24, 2.45) is 0 Å². The van der Waals surface area contributed by atoms with Crippen LogP contribution in [-0.4, -0.2) is 82.5 Å². The van der Waals surface area contributed by atoms with E-state index in [9.17, 15) is 35.9 Å². The molecule has 198 valence electrons. The molecule has 5 rings (SSSR count). The minimum absolute atomic E-state index is 0.0318. The predicted octanol–water partition coefficient (Wildman–Crippen LogP) is 5.24. The van der Waals surface area contributed by atoms with Crippen molar-refractivity contribution in [2.45, 2.75) is 24.4 Å². The maximum atomic E-state index is 13.8. The Labute approximate surface area is 219 Å². The number of aromatic nitrogens is 1. The Morgan fingerprint density at radius 2 is 1.76 bits per heavy atom. The number of thiophene rings is 1. The van der Waals surface area contributed by atoms with E-state index in [1.165, 1.54) is 21.9 Å². The van der Waals surface area contributed by atoms with Gasteiger partial charge in [-0.3, -0.25) is 14.5 Å². The molecule has 0 radical (unpaired) electrons. The van der Waals surface area contributed by atoms with Gasteiger partial charge in [-0.05, 0) is 12.1 Å². The fourth-order valence-electron chi connectivity index (χ4n) is 4.50. The van der Waals surface area contributed by atoms with E-state index in [0.29, 0.717) is 5.39 Å². The summed E-state index contributed by atoms with van der Waals surface area (Å²) in [4.78, 5) is 33.3. The average Bonchev–Trinajstić information content (AvgIpc) is 3.44. The number of alkyl halides is 6. The highest BCUT2D eigenvalue weighted by atomic mass is 35.5. The summed E-state index contributed by atoms with van der Waals surface area (Å²) in [6.07, 6.45) is -9.19. The summed E-state index contributed by atoms with van der Waals surface area (Å²) >= 11 is 8.26. The summed E-state index contributed by atoms with van der Waals surface area (Å²) in [5, 5.41) is 1.78. The number of halogens is 7. The topological polar surface area (TPSA) is 56.8 Å². The molecule has 2 aliphatic rings. The number of nitrogens with zero attached hydrogens (tertiary/aromatic N) is 4. The molecule has 3 aromatic rings. The molecule has 2 aromatic heterocycles. The number of carbonyl (C=O) groups is 2. The highest BCUT2D eigenvalue weighted by Crippen LogP contribution is 2.40. The molecule has 1 unspecified atom stereocenters. The monoisotopic (exact) mass is 582 g/mol. The quantitative estimate of drug-likeness (QED) is 0.396. The van der Waals surface area contributed by atoms with Crippen molar-refractivity contribution in [1.82, 2.24) is 19.7 Å². The molecule has 2 aliphatic heterocycles. The van der Waals surface area contributed by atoms with Crippen LogP contribution < -0.4 is 0 Å². The third-order valence-electron chi connectivity index (χ3n) is 6.52. The number of carbonyl (C=O) groups excluding carboxylic acids is 2. The van der Waals surface area contributed by atoms with Gasteiger partial charge in [-0.1, -0.05) is 17.7 Å². The van der Waals surface area contributed by atoms with Crippen LogP contribution in [-0.2, 0) is 6.18 Å². The standard InChI is InChI=1S/C22H17ClF6N4O2S2/c23-17-13-2-1-11(21(24,25)26)5-15(13)37-18(17)20(35)32-6-12(7-32)31-3-4-33(16(8-31)22(27,28)29)19(34)14-9-36-10-30-14/h1-2,5,9-10,12,16H,3-4,6-8H2. The molecule has 4 heterocycles. The van der Waals surface area contributed by atoms with E-state index in [0.717, 1.165) is 39.7 Å². The Hall–Kier alpha value is -2.42. The molecular formula is C22H17ClF6N4O2S2. The lowest BCUT2D eigenvalue weighted by atomic mass is 10.0. The molecule has 15 heteroatoms. The maximum Gasteiger partial charge on any atom is 0.416 e. The van der Waals surface area contributed by atoms with Crippen LogP contribution in [0, 0.1) is 0 Å². The minimum Gasteiger partial charge on any atom is -0.335 e. The Bertz CT molecular complexity index is 1340. The fraction of sp³-hybridized carbons (Fsp3) is 0.409. The number of amides is 2. The average molecular weight is 583 g/mol. The van der Waals surface area contributed by atoms with E-state index in [-0.39, 0.29) is 52.5 Å². The van der Waals surface area contributed by atoms with Gasteiger partial charge in [0, 0.05) is 54.2 Å². The number of likely N-dealkylation sites (tertiary alicyclic amines) is 1. The van der Waals surface area contributed by atoms with Crippen molar-refractivity contribution in [3.05, 3.63) is 50.2 Å². The Morgan fingerprint density at radius 1 is 1.03 bits per heavy atom. The molecular weight excluding hydrogens is 566 g/mol. The Balaban J connectivity index is 1.26. The van der Waals surface area contributed by atoms with Gasteiger partial charge >= 0.3 is 12.4 Å². The van der Waals surface area contributed by atoms with Crippen LogP contribution in [0.1, 0.15) is 25.7 Å². The second-order valence-electron chi connectivity index (χ2n) is 8.74. The molecule has 2 amide bonds. The third kappa shape index (κ3) is 4.91. The summed E-state index contributed by atoms with van der Waals surface area (Å²) in [7, 11) is 0. The molecule has 37 heavy (non-hydrogen) atoms. The zero-order chi connectivity index (χ0) is 26.7. The Kier molecular flexibility index (Phi) is 6.66. The minimum atomic E-state index is -4.65. The molecule has 2 fully saturated rings. The second-order valence-corrected chi connectivity index (χ2v) is 10.9. The maximum absolute atomic E-state index is 13.8. The molecule has 0 N–H and O–H groups in total. The van der Waals surface area contributed by atoms with Crippen LogP contribution in [0.2, 0.25) is 5.02 Å². The number of hydrogen-bond donors (Lipinski definition) is 0. The lowest BCUT2D eigenvalue weighted by Crippen LogP contribution is -2.68. The van der Waals surface area contributed by atoms with Crippen molar-refractivity contribution in [3.8, 4) is 0 Å². The van der Waals surface area contributed by atoms with Gasteiger partial charge in [0.1, 0.15) is 16.6 Å². The lowest BCUT2D eigenvalue weighted by molar-refractivity contribution is -0.193. The number of hydrogen-bond acceptors (Lipinski definition) is 6. The number of benzene rings is 1. The summed E-state index contributed by atoms with van der Waals surface area (Å²) in [5.74, 6) is -1.26. The second kappa shape index (κ2) is 9.40.